The van der Waals surface area contributed by atoms with Crippen molar-refractivity contribution in [2.45, 2.75) is 23.6 Å². The lowest BCUT2D eigenvalue weighted by molar-refractivity contribution is -0.385. The zero-order chi connectivity index (χ0) is 23.7. The molecule has 0 unspecified atom stereocenters. The largest absolute Gasteiger partial charge is 0.280 e. The molecule has 3 aromatic rings. The molecule has 0 fully saturated rings. The summed E-state index contributed by atoms with van der Waals surface area (Å²) in [5.74, 6) is 0. The minimum Gasteiger partial charge on any atom is -0.280 e. The molecule has 32 heavy (non-hydrogen) atoms. The van der Waals surface area contributed by atoms with E-state index < -0.39 is 25.0 Å². The van der Waals surface area contributed by atoms with Gasteiger partial charge in [-0.05, 0) is 61.9 Å². The maximum absolute atomic E-state index is 12.7. The molecule has 3 rings (SSSR count). The minimum atomic E-state index is -4.13. The van der Waals surface area contributed by atoms with Crippen LogP contribution >= 0.6 is 11.6 Å². The van der Waals surface area contributed by atoms with Crippen LogP contribution in [0.4, 0.5) is 17.1 Å². The van der Waals surface area contributed by atoms with E-state index in [0.717, 1.165) is 6.07 Å². The number of nitro benzene ring substituents is 1. The van der Waals surface area contributed by atoms with E-state index in [2.05, 4.69) is 9.44 Å². The van der Waals surface area contributed by atoms with E-state index in [0.29, 0.717) is 21.8 Å². The fourth-order valence-electron chi connectivity index (χ4n) is 2.78. The summed E-state index contributed by atoms with van der Waals surface area (Å²) in [6.07, 6.45) is 0. The Morgan fingerprint density at radius 1 is 0.781 bits per heavy atom. The third-order valence-corrected chi connectivity index (χ3v) is 7.54. The molecule has 0 spiro atoms. The Bertz CT molecular complexity index is 1410. The van der Waals surface area contributed by atoms with Gasteiger partial charge in [0.05, 0.1) is 20.4 Å². The van der Waals surface area contributed by atoms with Gasteiger partial charge in [-0.1, -0.05) is 23.7 Å². The quantitative estimate of drug-likeness (QED) is 0.366. The van der Waals surface area contributed by atoms with Gasteiger partial charge in [0.1, 0.15) is 0 Å². The van der Waals surface area contributed by atoms with Gasteiger partial charge in [-0.25, -0.2) is 16.8 Å². The van der Waals surface area contributed by atoms with Crippen LogP contribution in [0.1, 0.15) is 11.1 Å². The van der Waals surface area contributed by atoms with Crippen LogP contribution < -0.4 is 9.44 Å². The molecule has 0 atom stereocenters. The van der Waals surface area contributed by atoms with Crippen LogP contribution in [0.3, 0.4) is 0 Å². The van der Waals surface area contributed by atoms with E-state index in [1.807, 2.05) is 0 Å². The summed E-state index contributed by atoms with van der Waals surface area (Å²) in [6, 6.07) is 13.4. The Balaban J connectivity index is 1.83. The van der Waals surface area contributed by atoms with Crippen molar-refractivity contribution in [2.75, 3.05) is 9.44 Å². The third kappa shape index (κ3) is 5.18. The second kappa shape index (κ2) is 8.77. The molecule has 0 saturated carbocycles. The molecule has 0 aliphatic rings. The second-order valence-corrected chi connectivity index (χ2v) is 10.7. The van der Waals surface area contributed by atoms with Crippen molar-refractivity contribution < 1.29 is 21.8 Å². The molecule has 0 aliphatic carbocycles. The van der Waals surface area contributed by atoms with Crippen molar-refractivity contribution in [3.8, 4) is 0 Å². The van der Waals surface area contributed by atoms with Crippen LogP contribution in [0.2, 0.25) is 5.02 Å². The van der Waals surface area contributed by atoms with Gasteiger partial charge in [0.15, 0.2) is 0 Å². The summed E-state index contributed by atoms with van der Waals surface area (Å²) in [7, 11) is -8.07. The van der Waals surface area contributed by atoms with Gasteiger partial charge in [0.25, 0.3) is 25.7 Å². The first-order chi connectivity index (χ1) is 14.9. The first-order valence-corrected chi connectivity index (χ1v) is 12.4. The molecular weight excluding hydrogens is 478 g/mol. The molecule has 0 amide bonds. The molecular formula is C20H18ClN3O6S2. The fourth-order valence-corrected chi connectivity index (χ4v) is 5.15. The Kier molecular flexibility index (Phi) is 6.44. The fraction of sp³-hybridized carbons (Fsp3) is 0.100. The molecule has 0 heterocycles. The molecule has 168 valence electrons. The van der Waals surface area contributed by atoms with Crippen LogP contribution in [0.15, 0.2) is 70.5 Å². The van der Waals surface area contributed by atoms with Crippen molar-refractivity contribution in [3.05, 3.63) is 86.9 Å². The summed E-state index contributed by atoms with van der Waals surface area (Å²) in [6.45, 7) is 3.22. The average Bonchev–Trinajstić information content (AvgIpc) is 2.70. The first kappa shape index (κ1) is 23.5. The topological polar surface area (TPSA) is 135 Å². The summed E-state index contributed by atoms with van der Waals surface area (Å²) >= 11 is 5.92. The monoisotopic (exact) mass is 495 g/mol. The number of anilines is 2. The highest BCUT2D eigenvalue weighted by atomic mass is 35.5. The number of nitrogens with one attached hydrogen (secondary N) is 2. The Labute approximate surface area is 190 Å². The standard InChI is InChI=1S/C20H18ClN3O6S2/c1-13-3-5-15(21)11-19(13)23-31(27,28)17-9-6-16(7-10-17)22-32(29,30)18-8-4-14(2)20(12-18)24(25)26/h3-12,22-23H,1-2H3. The van der Waals surface area contributed by atoms with Gasteiger partial charge in [0, 0.05) is 22.3 Å². The zero-order valence-electron chi connectivity index (χ0n) is 16.9. The van der Waals surface area contributed by atoms with Crippen molar-refractivity contribution in [3.63, 3.8) is 0 Å². The SMILES string of the molecule is Cc1ccc(Cl)cc1NS(=O)(=O)c1ccc(NS(=O)(=O)c2ccc(C)c([N+](=O)[O-])c2)cc1. The van der Waals surface area contributed by atoms with E-state index in [9.17, 15) is 26.9 Å². The van der Waals surface area contributed by atoms with Crippen LogP contribution in [0.5, 0.6) is 0 Å². The van der Waals surface area contributed by atoms with E-state index in [4.69, 9.17) is 11.6 Å². The smallest absolute Gasteiger partial charge is 0.273 e. The number of nitro groups is 1. The van der Waals surface area contributed by atoms with Crippen LogP contribution in [0, 0.1) is 24.0 Å². The van der Waals surface area contributed by atoms with Gasteiger partial charge in [-0.3, -0.25) is 19.6 Å². The summed E-state index contributed by atoms with van der Waals surface area (Å²) in [4.78, 5) is 10.0. The maximum atomic E-state index is 12.7. The van der Waals surface area contributed by atoms with Crippen molar-refractivity contribution in [1.29, 1.82) is 0 Å². The van der Waals surface area contributed by atoms with Crippen molar-refractivity contribution in [2.24, 2.45) is 0 Å². The highest BCUT2D eigenvalue weighted by Crippen LogP contribution is 2.26. The number of hydrogen-bond acceptors (Lipinski definition) is 6. The van der Waals surface area contributed by atoms with Crippen LogP contribution in [0.25, 0.3) is 0 Å². The van der Waals surface area contributed by atoms with Crippen molar-refractivity contribution in [1.82, 2.24) is 0 Å². The van der Waals surface area contributed by atoms with Gasteiger partial charge >= 0.3 is 0 Å². The molecule has 0 aliphatic heterocycles. The number of rotatable bonds is 7. The van der Waals surface area contributed by atoms with Gasteiger partial charge in [-0.15, -0.1) is 0 Å². The molecule has 9 nitrogen and oxygen atoms in total. The van der Waals surface area contributed by atoms with Crippen molar-refractivity contribution >= 4 is 48.7 Å². The first-order valence-electron chi connectivity index (χ1n) is 9.06. The number of benzene rings is 3. The zero-order valence-corrected chi connectivity index (χ0v) is 19.3. The predicted octanol–water partition coefficient (Wildman–Crippen LogP) is 4.47. The molecule has 0 saturated heterocycles. The molecule has 0 bridgehead atoms. The molecule has 0 radical (unpaired) electrons. The molecule has 3 aromatic carbocycles. The Morgan fingerprint density at radius 3 is 1.97 bits per heavy atom. The molecule has 2 N–H and O–H groups in total. The van der Waals surface area contributed by atoms with Gasteiger partial charge in [-0.2, -0.15) is 0 Å². The summed E-state index contributed by atoms with van der Waals surface area (Å²) in [5.41, 5.74) is 1.09. The number of hydrogen-bond donors (Lipinski definition) is 2. The van der Waals surface area contributed by atoms with Crippen LogP contribution in [-0.2, 0) is 20.0 Å². The maximum Gasteiger partial charge on any atom is 0.273 e. The van der Waals surface area contributed by atoms with Crippen LogP contribution in [-0.4, -0.2) is 21.8 Å². The highest BCUT2D eigenvalue weighted by Gasteiger charge is 2.21. The Morgan fingerprint density at radius 2 is 1.34 bits per heavy atom. The number of halogens is 1. The third-order valence-electron chi connectivity index (χ3n) is 4.55. The average molecular weight is 496 g/mol. The lowest BCUT2D eigenvalue weighted by Crippen LogP contribution is -2.15. The molecule has 12 heteroatoms. The lowest BCUT2D eigenvalue weighted by atomic mass is 10.2. The van der Waals surface area contributed by atoms with Gasteiger partial charge < -0.3 is 0 Å². The van der Waals surface area contributed by atoms with Gasteiger partial charge in [0.2, 0.25) is 0 Å². The summed E-state index contributed by atoms with van der Waals surface area (Å²) < 4.78 is 55.3. The molecule has 0 aromatic heterocycles. The minimum absolute atomic E-state index is 0.0890. The van der Waals surface area contributed by atoms with E-state index >= 15 is 0 Å². The Hall–Kier alpha value is -3.15. The number of aryl methyl sites for hydroxylation is 2. The number of sulfonamides is 2. The lowest BCUT2D eigenvalue weighted by Gasteiger charge is -2.12. The van der Waals surface area contributed by atoms with E-state index in [-0.39, 0.29) is 21.2 Å². The second-order valence-electron chi connectivity index (χ2n) is 6.90. The number of nitrogens with zero attached hydrogens (tertiary/aromatic N) is 1. The van der Waals surface area contributed by atoms with E-state index in [1.54, 1.807) is 19.1 Å². The van der Waals surface area contributed by atoms with E-state index in [1.165, 1.54) is 49.4 Å². The summed E-state index contributed by atoms with van der Waals surface area (Å²) in [5, 5.41) is 11.5. The predicted molar refractivity (Wildman–Crippen MR) is 122 cm³/mol. The highest BCUT2D eigenvalue weighted by molar-refractivity contribution is 7.93. The normalized spacial score (nSPS) is 11.7.